The molecule has 0 bridgehead atoms. The molecule has 1 unspecified atom stereocenters. The maximum Gasteiger partial charge on any atom is 0.326 e. The highest BCUT2D eigenvalue weighted by molar-refractivity contribution is 9.10. The fourth-order valence-electron chi connectivity index (χ4n) is 1.74. The number of carbonyl (C=O) groups is 2. The lowest BCUT2D eigenvalue weighted by molar-refractivity contribution is -0.143. The van der Waals surface area contributed by atoms with E-state index in [-0.39, 0.29) is 24.1 Å². The molecule has 0 aliphatic carbocycles. The Kier molecular flexibility index (Phi) is 6.13. The van der Waals surface area contributed by atoms with Crippen molar-refractivity contribution in [1.29, 1.82) is 0 Å². The monoisotopic (exact) mass is 345 g/mol. The van der Waals surface area contributed by atoms with Crippen LogP contribution in [0.1, 0.15) is 25.8 Å². The summed E-state index contributed by atoms with van der Waals surface area (Å²) in [6.07, 6.45) is 0.452. The Morgan fingerprint density at radius 1 is 1.40 bits per heavy atom. The number of halogens is 2. The minimum Gasteiger partial charge on any atom is -0.480 e. The SMILES string of the molecule is CC(C)C(NC(=O)CCc1cc(F)ccc1Br)C(=O)O. The van der Waals surface area contributed by atoms with Gasteiger partial charge in [-0.3, -0.25) is 4.79 Å². The van der Waals surface area contributed by atoms with E-state index in [9.17, 15) is 14.0 Å². The third-order valence-electron chi connectivity index (χ3n) is 2.88. The number of benzene rings is 1. The summed E-state index contributed by atoms with van der Waals surface area (Å²) in [6, 6.07) is 3.36. The van der Waals surface area contributed by atoms with Gasteiger partial charge in [0.15, 0.2) is 0 Å². The van der Waals surface area contributed by atoms with Gasteiger partial charge in [-0.25, -0.2) is 9.18 Å². The van der Waals surface area contributed by atoms with Crippen molar-refractivity contribution in [1.82, 2.24) is 5.32 Å². The summed E-state index contributed by atoms with van der Waals surface area (Å²) < 4.78 is 13.8. The van der Waals surface area contributed by atoms with Crippen molar-refractivity contribution < 1.29 is 19.1 Å². The van der Waals surface area contributed by atoms with Crippen LogP contribution < -0.4 is 5.32 Å². The van der Waals surface area contributed by atoms with Crippen LogP contribution >= 0.6 is 15.9 Å². The van der Waals surface area contributed by atoms with E-state index >= 15 is 0 Å². The highest BCUT2D eigenvalue weighted by Gasteiger charge is 2.23. The predicted octanol–water partition coefficient (Wildman–Crippen LogP) is 2.75. The van der Waals surface area contributed by atoms with E-state index in [1.54, 1.807) is 19.9 Å². The number of aliphatic carboxylic acids is 1. The molecule has 0 heterocycles. The van der Waals surface area contributed by atoms with E-state index in [0.29, 0.717) is 12.0 Å². The topological polar surface area (TPSA) is 66.4 Å². The molecule has 0 aromatic heterocycles. The van der Waals surface area contributed by atoms with E-state index in [0.717, 1.165) is 4.47 Å². The van der Waals surface area contributed by atoms with Gasteiger partial charge in [0.1, 0.15) is 11.9 Å². The van der Waals surface area contributed by atoms with Crippen LogP contribution in [-0.4, -0.2) is 23.0 Å². The Bertz CT molecular complexity index is 505. The maximum absolute atomic E-state index is 13.1. The van der Waals surface area contributed by atoms with Crippen LogP contribution in [-0.2, 0) is 16.0 Å². The van der Waals surface area contributed by atoms with Crippen LogP contribution in [0.15, 0.2) is 22.7 Å². The summed E-state index contributed by atoms with van der Waals surface area (Å²) in [7, 11) is 0. The quantitative estimate of drug-likeness (QED) is 0.832. The minimum absolute atomic E-state index is 0.110. The minimum atomic E-state index is -1.06. The summed E-state index contributed by atoms with van der Waals surface area (Å²) in [5, 5.41) is 11.5. The van der Waals surface area contributed by atoms with Crippen LogP contribution in [0.4, 0.5) is 4.39 Å². The number of nitrogens with one attached hydrogen (secondary N) is 1. The zero-order valence-electron chi connectivity index (χ0n) is 11.3. The number of hydrogen-bond acceptors (Lipinski definition) is 2. The van der Waals surface area contributed by atoms with Crippen molar-refractivity contribution in [3.8, 4) is 0 Å². The molecule has 1 rings (SSSR count). The van der Waals surface area contributed by atoms with Crippen molar-refractivity contribution in [3.05, 3.63) is 34.1 Å². The van der Waals surface area contributed by atoms with Crippen molar-refractivity contribution >= 4 is 27.8 Å². The molecule has 6 heteroatoms. The second-order valence-corrected chi connectivity index (χ2v) is 5.72. The molecule has 4 nitrogen and oxygen atoms in total. The molecule has 1 aromatic rings. The van der Waals surface area contributed by atoms with Gasteiger partial charge in [-0.2, -0.15) is 0 Å². The number of carboxylic acid groups (broad SMARTS) is 1. The summed E-state index contributed by atoms with van der Waals surface area (Å²) in [6.45, 7) is 3.45. The Hall–Kier alpha value is -1.43. The van der Waals surface area contributed by atoms with Crippen molar-refractivity contribution in [3.63, 3.8) is 0 Å². The van der Waals surface area contributed by atoms with Gasteiger partial charge < -0.3 is 10.4 Å². The van der Waals surface area contributed by atoms with Gasteiger partial charge in [0.25, 0.3) is 0 Å². The molecular weight excluding hydrogens is 329 g/mol. The molecule has 1 amide bonds. The van der Waals surface area contributed by atoms with Gasteiger partial charge in [0.05, 0.1) is 0 Å². The molecule has 0 spiro atoms. The Morgan fingerprint density at radius 3 is 2.60 bits per heavy atom. The number of amides is 1. The van der Waals surface area contributed by atoms with Gasteiger partial charge in [0.2, 0.25) is 5.91 Å². The van der Waals surface area contributed by atoms with E-state index < -0.39 is 12.0 Å². The first-order chi connectivity index (χ1) is 9.31. The first-order valence-electron chi connectivity index (χ1n) is 6.27. The Balaban J connectivity index is 2.59. The van der Waals surface area contributed by atoms with Gasteiger partial charge in [0, 0.05) is 10.9 Å². The zero-order chi connectivity index (χ0) is 15.3. The van der Waals surface area contributed by atoms with Crippen molar-refractivity contribution in [2.75, 3.05) is 0 Å². The van der Waals surface area contributed by atoms with E-state index in [1.165, 1.54) is 12.1 Å². The van der Waals surface area contributed by atoms with Crippen LogP contribution in [0.25, 0.3) is 0 Å². The molecule has 0 aliphatic rings. The highest BCUT2D eigenvalue weighted by atomic mass is 79.9. The summed E-state index contributed by atoms with van der Waals surface area (Å²) >= 11 is 3.29. The zero-order valence-corrected chi connectivity index (χ0v) is 12.9. The molecule has 2 N–H and O–H groups in total. The molecule has 0 fully saturated rings. The summed E-state index contributed by atoms with van der Waals surface area (Å²) in [5.41, 5.74) is 0.677. The van der Waals surface area contributed by atoms with Crippen LogP contribution in [0.3, 0.4) is 0 Å². The molecular formula is C14H17BrFNO3. The van der Waals surface area contributed by atoms with Crippen molar-refractivity contribution in [2.24, 2.45) is 5.92 Å². The predicted molar refractivity (Wildman–Crippen MR) is 76.8 cm³/mol. The second kappa shape index (κ2) is 7.38. The molecule has 1 atom stereocenters. The third-order valence-corrected chi connectivity index (χ3v) is 3.65. The maximum atomic E-state index is 13.1. The molecule has 0 saturated carbocycles. The lowest BCUT2D eigenvalue weighted by Gasteiger charge is -2.17. The summed E-state index contributed by atoms with van der Waals surface area (Å²) in [5.74, 6) is -1.98. The fraction of sp³-hybridized carbons (Fsp3) is 0.429. The normalized spacial score (nSPS) is 12.2. The number of aryl methyl sites for hydroxylation is 1. The molecule has 0 saturated heterocycles. The van der Waals surface area contributed by atoms with Gasteiger partial charge in [-0.15, -0.1) is 0 Å². The largest absolute Gasteiger partial charge is 0.480 e. The average molecular weight is 346 g/mol. The molecule has 1 aromatic carbocycles. The Labute approximate surface area is 125 Å². The van der Waals surface area contributed by atoms with Gasteiger partial charge in [-0.05, 0) is 36.1 Å². The van der Waals surface area contributed by atoms with Crippen LogP contribution in [0.2, 0.25) is 0 Å². The number of carbonyl (C=O) groups excluding carboxylic acids is 1. The van der Waals surface area contributed by atoms with E-state index in [4.69, 9.17) is 5.11 Å². The van der Waals surface area contributed by atoms with Gasteiger partial charge in [-0.1, -0.05) is 29.8 Å². The Morgan fingerprint density at radius 2 is 2.05 bits per heavy atom. The molecule has 20 heavy (non-hydrogen) atoms. The van der Waals surface area contributed by atoms with Crippen LogP contribution in [0, 0.1) is 11.7 Å². The standard InChI is InChI=1S/C14H17BrFNO3/c1-8(2)13(14(19)20)17-12(18)6-3-9-7-10(16)4-5-11(9)15/h4-5,7-8,13H,3,6H2,1-2H3,(H,17,18)(H,19,20). The lowest BCUT2D eigenvalue weighted by Crippen LogP contribution is -2.44. The fourth-order valence-corrected chi connectivity index (χ4v) is 2.19. The van der Waals surface area contributed by atoms with Gasteiger partial charge >= 0.3 is 5.97 Å². The third kappa shape index (κ3) is 4.92. The van der Waals surface area contributed by atoms with Crippen molar-refractivity contribution in [2.45, 2.75) is 32.7 Å². The number of hydrogen-bond donors (Lipinski definition) is 2. The van der Waals surface area contributed by atoms with Crippen LogP contribution in [0.5, 0.6) is 0 Å². The first kappa shape index (κ1) is 16.6. The molecule has 0 radical (unpaired) electrons. The molecule has 0 aliphatic heterocycles. The lowest BCUT2D eigenvalue weighted by atomic mass is 10.0. The number of rotatable bonds is 6. The first-order valence-corrected chi connectivity index (χ1v) is 7.06. The average Bonchev–Trinajstić information content (AvgIpc) is 2.36. The van der Waals surface area contributed by atoms with E-state index in [2.05, 4.69) is 21.2 Å². The highest BCUT2D eigenvalue weighted by Crippen LogP contribution is 2.19. The number of carboxylic acids is 1. The second-order valence-electron chi connectivity index (χ2n) is 4.86. The summed E-state index contributed by atoms with van der Waals surface area (Å²) in [4.78, 5) is 22.7. The van der Waals surface area contributed by atoms with E-state index in [1.807, 2.05) is 0 Å². The smallest absolute Gasteiger partial charge is 0.326 e. The molecule has 110 valence electrons.